The van der Waals surface area contributed by atoms with Gasteiger partial charge in [-0.1, -0.05) is 43.8 Å². The fourth-order valence-electron chi connectivity index (χ4n) is 2.40. The van der Waals surface area contributed by atoms with Crippen molar-refractivity contribution in [3.63, 3.8) is 0 Å². The summed E-state index contributed by atoms with van der Waals surface area (Å²) in [5.74, 6) is 0. The minimum absolute atomic E-state index is 0.922. The van der Waals surface area contributed by atoms with Gasteiger partial charge in [0, 0.05) is 25.0 Å². The molecule has 2 rings (SSSR count). The Kier molecular flexibility index (Phi) is 5.92. The maximum Gasteiger partial charge on any atom is 0.164 e. The Morgan fingerprint density at radius 1 is 1.25 bits per heavy atom. The monoisotopic (exact) mass is 291 g/mol. The normalized spacial score (nSPS) is 16.8. The van der Waals surface area contributed by atoms with Crippen LogP contribution in [0.2, 0.25) is 0 Å². The lowest BCUT2D eigenvalue weighted by atomic mass is 10.2. The number of thioether (sulfide) groups is 1. The Balaban J connectivity index is 1.88. The first kappa shape index (κ1) is 15.4. The number of nitrogens with zero attached hydrogens (tertiary/aromatic N) is 3. The maximum atomic E-state index is 4.78. The van der Waals surface area contributed by atoms with Crippen molar-refractivity contribution in [3.05, 3.63) is 29.8 Å². The molecule has 0 aliphatic carbocycles. The van der Waals surface area contributed by atoms with Crippen molar-refractivity contribution in [2.45, 2.75) is 31.7 Å². The molecule has 0 spiro atoms. The molecule has 0 aromatic heterocycles. The van der Waals surface area contributed by atoms with E-state index in [0.29, 0.717) is 0 Å². The van der Waals surface area contributed by atoms with Crippen molar-refractivity contribution in [2.24, 2.45) is 4.99 Å². The second kappa shape index (κ2) is 7.70. The van der Waals surface area contributed by atoms with Crippen LogP contribution in [0.1, 0.15) is 25.8 Å². The summed E-state index contributed by atoms with van der Waals surface area (Å²) in [5.41, 5.74) is 1.40. The summed E-state index contributed by atoms with van der Waals surface area (Å²) in [6.45, 7) is 9.75. The van der Waals surface area contributed by atoms with Gasteiger partial charge in [0.25, 0.3) is 0 Å². The molecule has 20 heavy (non-hydrogen) atoms. The van der Waals surface area contributed by atoms with Crippen LogP contribution in [0.15, 0.2) is 34.2 Å². The molecule has 0 saturated carbocycles. The Bertz CT molecular complexity index is 455. The highest BCUT2D eigenvalue weighted by molar-refractivity contribution is 8.13. The van der Waals surface area contributed by atoms with Crippen molar-refractivity contribution in [2.75, 3.05) is 33.2 Å². The topological polar surface area (TPSA) is 18.8 Å². The highest BCUT2D eigenvalue weighted by Gasteiger charge is 2.18. The molecule has 0 unspecified atom stereocenters. The largest absolute Gasteiger partial charge is 0.350 e. The van der Waals surface area contributed by atoms with E-state index in [1.165, 1.54) is 10.5 Å². The smallest absolute Gasteiger partial charge is 0.164 e. The van der Waals surface area contributed by atoms with Crippen LogP contribution in [0, 0.1) is 0 Å². The van der Waals surface area contributed by atoms with E-state index in [1.54, 1.807) is 11.8 Å². The van der Waals surface area contributed by atoms with E-state index >= 15 is 0 Å². The molecule has 1 aromatic carbocycles. The second-order valence-corrected chi connectivity index (χ2v) is 6.12. The summed E-state index contributed by atoms with van der Waals surface area (Å²) < 4.78 is 0. The molecule has 4 heteroatoms. The zero-order valence-electron chi connectivity index (χ0n) is 12.8. The van der Waals surface area contributed by atoms with Gasteiger partial charge in [-0.15, -0.1) is 0 Å². The molecule has 0 N–H and O–H groups in total. The van der Waals surface area contributed by atoms with Gasteiger partial charge < -0.3 is 9.80 Å². The molecule has 1 aromatic rings. The number of hydrogen-bond acceptors (Lipinski definition) is 3. The summed E-state index contributed by atoms with van der Waals surface area (Å²) in [6.07, 6.45) is 1.14. The van der Waals surface area contributed by atoms with Gasteiger partial charge in [-0.2, -0.15) is 0 Å². The molecule has 0 saturated heterocycles. The van der Waals surface area contributed by atoms with E-state index < -0.39 is 0 Å². The molecule has 0 atom stereocenters. The lowest BCUT2D eigenvalue weighted by Crippen LogP contribution is -2.28. The van der Waals surface area contributed by atoms with E-state index in [2.05, 4.69) is 55.0 Å². The van der Waals surface area contributed by atoms with Crippen LogP contribution in [0.25, 0.3) is 0 Å². The molecular formula is C16H25N3S. The SMILES string of the molecule is CCN(CC)CCCN=C1Sc2ccccc2CN1C. The minimum Gasteiger partial charge on any atom is -0.350 e. The van der Waals surface area contributed by atoms with E-state index in [0.717, 1.165) is 44.3 Å². The highest BCUT2D eigenvalue weighted by atomic mass is 32.2. The Hall–Kier alpha value is -1.00. The van der Waals surface area contributed by atoms with Crippen LogP contribution < -0.4 is 0 Å². The van der Waals surface area contributed by atoms with E-state index in [9.17, 15) is 0 Å². The first-order valence-electron chi connectivity index (χ1n) is 7.48. The molecular weight excluding hydrogens is 266 g/mol. The Morgan fingerprint density at radius 2 is 2.00 bits per heavy atom. The standard InChI is InChI=1S/C16H25N3S/c1-4-19(5-2)12-8-11-17-16-18(3)13-14-9-6-7-10-15(14)20-16/h6-7,9-10H,4-5,8,11-13H2,1-3H3. The Morgan fingerprint density at radius 3 is 2.75 bits per heavy atom. The fourth-order valence-corrected chi connectivity index (χ4v) is 3.38. The lowest BCUT2D eigenvalue weighted by molar-refractivity contribution is 0.301. The van der Waals surface area contributed by atoms with Crippen LogP contribution in [-0.4, -0.2) is 48.2 Å². The van der Waals surface area contributed by atoms with Crippen LogP contribution in [-0.2, 0) is 6.54 Å². The number of aliphatic imine (C=N–C) groups is 1. The van der Waals surface area contributed by atoms with Crippen LogP contribution in [0.5, 0.6) is 0 Å². The van der Waals surface area contributed by atoms with Crippen molar-refractivity contribution in [1.29, 1.82) is 0 Å². The van der Waals surface area contributed by atoms with Gasteiger partial charge in [-0.05, 0) is 37.7 Å². The molecule has 1 aliphatic rings. The van der Waals surface area contributed by atoms with Gasteiger partial charge in [0.15, 0.2) is 5.17 Å². The molecule has 0 fully saturated rings. The second-order valence-electron chi connectivity index (χ2n) is 5.11. The predicted octanol–water partition coefficient (Wildman–Crippen LogP) is 3.31. The highest BCUT2D eigenvalue weighted by Crippen LogP contribution is 2.31. The third-order valence-corrected chi connectivity index (χ3v) is 4.92. The fraction of sp³-hybridized carbons (Fsp3) is 0.562. The summed E-state index contributed by atoms with van der Waals surface area (Å²) >= 11 is 1.80. The van der Waals surface area contributed by atoms with Crippen LogP contribution in [0.3, 0.4) is 0 Å². The quantitative estimate of drug-likeness (QED) is 0.749. The van der Waals surface area contributed by atoms with Crippen molar-refractivity contribution >= 4 is 16.9 Å². The molecule has 1 heterocycles. The van der Waals surface area contributed by atoms with Gasteiger partial charge in [0.1, 0.15) is 0 Å². The van der Waals surface area contributed by atoms with Gasteiger partial charge in [0.2, 0.25) is 0 Å². The molecule has 110 valence electrons. The molecule has 3 nitrogen and oxygen atoms in total. The van der Waals surface area contributed by atoms with E-state index in [4.69, 9.17) is 4.99 Å². The summed E-state index contributed by atoms with van der Waals surface area (Å²) in [5, 5.41) is 1.16. The Labute approximate surface area is 127 Å². The number of rotatable bonds is 6. The number of benzene rings is 1. The number of fused-ring (bicyclic) bond motifs is 1. The van der Waals surface area contributed by atoms with Crippen LogP contribution in [0.4, 0.5) is 0 Å². The van der Waals surface area contributed by atoms with E-state index in [-0.39, 0.29) is 0 Å². The maximum absolute atomic E-state index is 4.78. The zero-order chi connectivity index (χ0) is 14.4. The molecule has 0 amide bonds. The first-order valence-corrected chi connectivity index (χ1v) is 8.30. The van der Waals surface area contributed by atoms with Gasteiger partial charge in [-0.3, -0.25) is 4.99 Å². The molecule has 0 radical (unpaired) electrons. The minimum atomic E-state index is 0.922. The van der Waals surface area contributed by atoms with Gasteiger partial charge in [0.05, 0.1) is 0 Å². The lowest BCUT2D eigenvalue weighted by Gasteiger charge is -2.27. The molecule has 0 bridgehead atoms. The van der Waals surface area contributed by atoms with Gasteiger partial charge >= 0.3 is 0 Å². The number of amidine groups is 1. The van der Waals surface area contributed by atoms with Crippen molar-refractivity contribution < 1.29 is 0 Å². The summed E-state index contributed by atoms with van der Waals surface area (Å²) in [4.78, 5) is 10.8. The average Bonchev–Trinajstić information content (AvgIpc) is 2.47. The summed E-state index contributed by atoms with van der Waals surface area (Å²) in [7, 11) is 2.13. The third-order valence-electron chi connectivity index (χ3n) is 3.68. The van der Waals surface area contributed by atoms with E-state index in [1.807, 2.05) is 0 Å². The average molecular weight is 291 g/mol. The predicted molar refractivity (Wildman–Crippen MR) is 88.5 cm³/mol. The first-order chi connectivity index (χ1) is 9.74. The summed E-state index contributed by atoms with van der Waals surface area (Å²) in [6, 6.07) is 8.61. The van der Waals surface area contributed by atoms with Crippen molar-refractivity contribution in [1.82, 2.24) is 9.80 Å². The van der Waals surface area contributed by atoms with Gasteiger partial charge in [-0.25, -0.2) is 0 Å². The number of hydrogen-bond donors (Lipinski definition) is 0. The zero-order valence-corrected chi connectivity index (χ0v) is 13.6. The van der Waals surface area contributed by atoms with Crippen molar-refractivity contribution in [3.8, 4) is 0 Å². The van der Waals surface area contributed by atoms with Crippen LogP contribution >= 0.6 is 11.8 Å². The third kappa shape index (κ3) is 4.00. The molecule has 1 aliphatic heterocycles.